The highest BCUT2D eigenvalue weighted by Crippen LogP contribution is 2.50. The average molecular weight is 447 g/mol. The average Bonchev–Trinajstić information content (AvgIpc) is 2.52. The van der Waals surface area contributed by atoms with Crippen molar-refractivity contribution < 1.29 is 31.6 Å². The van der Waals surface area contributed by atoms with Crippen molar-refractivity contribution in [1.29, 1.82) is 0 Å². The predicted molar refractivity (Wildman–Crippen MR) is 78.9 cm³/mol. The van der Waals surface area contributed by atoms with Crippen LogP contribution in [0.5, 0.6) is 5.75 Å². The van der Waals surface area contributed by atoms with Crippen LogP contribution in [-0.2, 0) is 0 Å². The molecule has 0 saturated heterocycles. The molecule has 4 nitrogen and oxygen atoms in total. The molecule has 2 atom stereocenters. The Morgan fingerprint density at radius 1 is 1.30 bits per heavy atom. The number of allylic oxidation sites excluding steroid dienone is 2. The van der Waals surface area contributed by atoms with E-state index in [-0.39, 0.29) is 5.75 Å². The second-order valence-corrected chi connectivity index (χ2v) is 6.13. The molecule has 0 spiro atoms. The minimum atomic E-state index is -3.22. The summed E-state index contributed by atoms with van der Waals surface area (Å²) in [6, 6.07) is 2.72. The molecule has 0 amide bonds. The van der Waals surface area contributed by atoms with Crippen LogP contribution in [-0.4, -0.2) is 21.8 Å². The number of rotatable bonds is 3. The predicted octanol–water partition coefficient (Wildman–Crippen LogP) is 4.43. The Morgan fingerprint density at radius 2 is 1.91 bits per heavy atom. The van der Waals surface area contributed by atoms with Gasteiger partial charge in [-0.15, -0.1) is 0 Å². The Morgan fingerprint density at radius 3 is 2.39 bits per heavy atom. The number of nitro groups is 1. The van der Waals surface area contributed by atoms with Gasteiger partial charge in [-0.1, -0.05) is 0 Å². The third kappa shape index (κ3) is 2.58. The van der Waals surface area contributed by atoms with Crippen molar-refractivity contribution >= 4 is 28.2 Å². The number of benzene rings is 1. The van der Waals surface area contributed by atoms with E-state index in [9.17, 15) is 32.1 Å². The van der Waals surface area contributed by atoms with E-state index >= 15 is 0 Å². The van der Waals surface area contributed by atoms with Crippen LogP contribution in [0.2, 0.25) is 0 Å². The molecule has 1 aromatic carbocycles. The van der Waals surface area contributed by atoms with Crippen molar-refractivity contribution in [2.45, 2.75) is 9.72 Å². The highest BCUT2D eigenvalue weighted by atomic mass is 127. The SMILES string of the molecule is COc1ccc(C2=C(F)C(I)([N+](=O)[O-])C(F)C(F)=C2F)c(F)c1. The monoisotopic (exact) mass is 447 g/mol. The first-order valence-electron chi connectivity index (χ1n) is 5.93. The lowest BCUT2D eigenvalue weighted by atomic mass is 9.92. The van der Waals surface area contributed by atoms with Crippen molar-refractivity contribution in [2.24, 2.45) is 0 Å². The van der Waals surface area contributed by atoms with Crippen molar-refractivity contribution in [1.82, 2.24) is 0 Å². The van der Waals surface area contributed by atoms with E-state index in [1.807, 2.05) is 0 Å². The summed E-state index contributed by atoms with van der Waals surface area (Å²) in [6.45, 7) is 0. The molecule has 0 radical (unpaired) electrons. The minimum Gasteiger partial charge on any atom is -0.497 e. The molecule has 1 aliphatic rings. The highest BCUT2D eigenvalue weighted by molar-refractivity contribution is 14.1. The van der Waals surface area contributed by atoms with E-state index in [0.29, 0.717) is 0 Å². The molecule has 10 heteroatoms. The second kappa shape index (κ2) is 6.06. The first-order chi connectivity index (χ1) is 10.7. The molecule has 1 aliphatic carbocycles. The Hall–Kier alpha value is -1.72. The topological polar surface area (TPSA) is 52.4 Å². The van der Waals surface area contributed by atoms with Gasteiger partial charge in [-0.3, -0.25) is 10.1 Å². The summed E-state index contributed by atoms with van der Waals surface area (Å²) in [4.78, 5) is 9.54. The molecule has 0 N–H and O–H groups in total. The molecule has 2 unspecified atom stereocenters. The summed E-state index contributed by atoms with van der Waals surface area (Å²) in [5.41, 5.74) is -2.12. The van der Waals surface area contributed by atoms with Crippen molar-refractivity contribution in [3.8, 4) is 5.75 Å². The molecular formula is C13H7F5INO3. The molecule has 0 aromatic heterocycles. The Labute approximate surface area is 139 Å². The maximum absolute atomic E-state index is 14.4. The summed E-state index contributed by atoms with van der Waals surface area (Å²) >= 11 is 0.730. The molecular weight excluding hydrogens is 440 g/mol. The standard InChI is InChI=1S/C13H7F5INO3/c1-23-5-2-3-6(7(14)4-5)8-9(15)10(16)12(18)13(19,11(8)17)20(21)22/h2-4,12H,1H3. The van der Waals surface area contributed by atoms with E-state index in [4.69, 9.17) is 4.74 Å². The number of ether oxygens (including phenoxy) is 1. The third-order valence-corrected chi connectivity index (χ3v) is 4.64. The van der Waals surface area contributed by atoms with Gasteiger partial charge in [0.15, 0.2) is 11.7 Å². The highest BCUT2D eigenvalue weighted by Gasteiger charge is 2.61. The number of halogens is 6. The largest absolute Gasteiger partial charge is 0.497 e. The molecule has 0 fully saturated rings. The summed E-state index contributed by atoms with van der Waals surface area (Å²) in [6.07, 6.45) is -3.18. The van der Waals surface area contributed by atoms with E-state index in [1.165, 1.54) is 7.11 Å². The Kier molecular flexibility index (Phi) is 4.64. The van der Waals surface area contributed by atoms with Crippen LogP contribution in [0.15, 0.2) is 35.7 Å². The summed E-state index contributed by atoms with van der Waals surface area (Å²) in [7, 11) is 1.21. The molecule has 1 aromatic rings. The van der Waals surface area contributed by atoms with Crippen LogP contribution >= 0.6 is 22.6 Å². The van der Waals surface area contributed by atoms with Gasteiger partial charge in [-0.2, -0.15) is 0 Å². The molecule has 124 valence electrons. The van der Waals surface area contributed by atoms with Gasteiger partial charge >= 0.3 is 3.55 Å². The fourth-order valence-corrected chi connectivity index (χ4v) is 2.56. The number of alkyl halides is 2. The smallest absolute Gasteiger partial charge is 0.357 e. The first-order valence-corrected chi connectivity index (χ1v) is 7.01. The second-order valence-electron chi connectivity index (χ2n) is 4.49. The maximum atomic E-state index is 14.4. The van der Waals surface area contributed by atoms with Gasteiger partial charge in [-0.05, 0) is 12.1 Å². The lowest BCUT2D eigenvalue weighted by Gasteiger charge is -2.26. The number of methoxy groups -OCH3 is 1. The van der Waals surface area contributed by atoms with Gasteiger partial charge in [0.25, 0.3) is 0 Å². The molecule has 0 saturated carbocycles. The van der Waals surface area contributed by atoms with Gasteiger partial charge in [0.2, 0.25) is 12.0 Å². The van der Waals surface area contributed by atoms with Gasteiger partial charge in [0, 0.05) is 39.1 Å². The summed E-state index contributed by atoms with van der Waals surface area (Å²) in [5.74, 6) is -7.31. The van der Waals surface area contributed by atoms with E-state index < -0.39 is 49.1 Å². The zero-order chi connectivity index (χ0) is 17.5. The molecule has 2 rings (SSSR count). The number of nitrogens with zero attached hydrogens (tertiary/aromatic N) is 1. The van der Waals surface area contributed by atoms with Gasteiger partial charge in [0.1, 0.15) is 11.6 Å². The lowest BCUT2D eigenvalue weighted by Crippen LogP contribution is -2.45. The van der Waals surface area contributed by atoms with Crippen LogP contribution < -0.4 is 4.74 Å². The van der Waals surface area contributed by atoms with Crippen LogP contribution in [0.25, 0.3) is 5.57 Å². The first kappa shape index (κ1) is 17.6. The normalized spacial score (nSPS) is 24.9. The van der Waals surface area contributed by atoms with Gasteiger partial charge < -0.3 is 4.74 Å². The van der Waals surface area contributed by atoms with E-state index in [1.54, 1.807) is 0 Å². The third-order valence-electron chi connectivity index (χ3n) is 3.23. The van der Waals surface area contributed by atoms with Crippen molar-refractivity contribution in [2.75, 3.05) is 7.11 Å². The zero-order valence-corrected chi connectivity index (χ0v) is 13.4. The zero-order valence-electron chi connectivity index (χ0n) is 11.2. The Bertz CT molecular complexity index is 751. The summed E-state index contributed by atoms with van der Waals surface area (Å²) < 4.78 is 71.3. The summed E-state index contributed by atoms with van der Waals surface area (Å²) in [5, 5.41) is 11.0. The van der Waals surface area contributed by atoms with Crippen LogP contribution in [0.4, 0.5) is 22.0 Å². The van der Waals surface area contributed by atoms with E-state index in [0.717, 1.165) is 40.8 Å². The molecule has 0 heterocycles. The lowest BCUT2D eigenvalue weighted by molar-refractivity contribution is -0.530. The van der Waals surface area contributed by atoms with Crippen LogP contribution in [0.1, 0.15) is 5.56 Å². The molecule has 0 bridgehead atoms. The number of hydrogen-bond acceptors (Lipinski definition) is 3. The minimum absolute atomic E-state index is 0.00584. The van der Waals surface area contributed by atoms with Crippen LogP contribution in [0.3, 0.4) is 0 Å². The van der Waals surface area contributed by atoms with Crippen molar-refractivity contribution in [3.63, 3.8) is 0 Å². The van der Waals surface area contributed by atoms with Gasteiger partial charge in [-0.25, -0.2) is 22.0 Å². The fraction of sp³-hybridized carbons (Fsp3) is 0.231. The van der Waals surface area contributed by atoms with Crippen molar-refractivity contribution in [3.05, 3.63) is 57.2 Å². The Balaban J connectivity index is 2.77. The van der Waals surface area contributed by atoms with Gasteiger partial charge in [0.05, 0.1) is 12.7 Å². The number of hydrogen-bond donors (Lipinski definition) is 0. The molecule has 0 aliphatic heterocycles. The molecule has 23 heavy (non-hydrogen) atoms. The maximum Gasteiger partial charge on any atom is 0.357 e. The van der Waals surface area contributed by atoms with Crippen LogP contribution in [0, 0.1) is 15.9 Å². The van der Waals surface area contributed by atoms with E-state index in [2.05, 4.69) is 0 Å². The fourth-order valence-electron chi connectivity index (χ4n) is 2.02. The quantitative estimate of drug-likeness (QED) is 0.172.